The molecule has 1 aliphatic carbocycles. The lowest BCUT2D eigenvalue weighted by molar-refractivity contribution is 0.0284. The summed E-state index contributed by atoms with van der Waals surface area (Å²) in [7, 11) is -2.17. The van der Waals surface area contributed by atoms with Gasteiger partial charge in [0, 0.05) is 29.8 Å². The molecule has 2 aliphatic rings. The SMILES string of the molecule is COC[C@@H](c1cc(Cl)cc(Cl)c1)N1CCC[C@@H](Oc2cc(F)c(C(=O)NS(C)(=O)=O)cc2C2CC2)C1. The van der Waals surface area contributed by atoms with E-state index in [0.29, 0.717) is 28.9 Å². The third-order valence-electron chi connectivity index (χ3n) is 6.38. The van der Waals surface area contributed by atoms with E-state index in [2.05, 4.69) is 4.90 Å². The predicted octanol–water partition coefficient (Wildman–Crippen LogP) is 4.93. The quantitative estimate of drug-likeness (QED) is 0.469. The van der Waals surface area contributed by atoms with Gasteiger partial charge in [-0.15, -0.1) is 0 Å². The highest BCUT2D eigenvalue weighted by atomic mass is 35.5. The van der Waals surface area contributed by atoms with Crippen LogP contribution in [0.5, 0.6) is 5.75 Å². The molecule has 0 radical (unpaired) electrons. The van der Waals surface area contributed by atoms with Gasteiger partial charge in [-0.3, -0.25) is 9.69 Å². The van der Waals surface area contributed by atoms with Crippen LogP contribution in [0.3, 0.4) is 0 Å². The minimum Gasteiger partial charge on any atom is -0.489 e. The van der Waals surface area contributed by atoms with E-state index in [-0.39, 0.29) is 23.6 Å². The summed E-state index contributed by atoms with van der Waals surface area (Å²) in [6, 6.07) is 7.98. The van der Waals surface area contributed by atoms with Gasteiger partial charge in [0.25, 0.3) is 5.91 Å². The van der Waals surface area contributed by atoms with Gasteiger partial charge in [0.2, 0.25) is 10.0 Å². The maximum atomic E-state index is 14.9. The molecular weight excluding hydrogens is 530 g/mol. The van der Waals surface area contributed by atoms with Crippen molar-refractivity contribution in [3.63, 3.8) is 0 Å². The van der Waals surface area contributed by atoms with Crippen LogP contribution in [0.1, 0.15) is 59.1 Å². The van der Waals surface area contributed by atoms with E-state index in [0.717, 1.165) is 49.6 Å². The van der Waals surface area contributed by atoms with Crippen molar-refractivity contribution in [3.05, 3.63) is 62.9 Å². The van der Waals surface area contributed by atoms with Crippen LogP contribution in [0.4, 0.5) is 4.39 Å². The summed E-state index contributed by atoms with van der Waals surface area (Å²) in [5, 5.41) is 1.10. The minimum absolute atomic E-state index is 0.0840. The van der Waals surface area contributed by atoms with E-state index >= 15 is 0 Å². The third kappa shape index (κ3) is 6.89. The Hall–Kier alpha value is -1.91. The number of rotatable bonds is 9. The summed E-state index contributed by atoms with van der Waals surface area (Å²) in [6.45, 7) is 1.85. The van der Waals surface area contributed by atoms with Crippen molar-refractivity contribution in [2.75, 3.05) is 33.1 Å². The largest absolute Gasteiger partial charge is 0.489 e. The van der Waals surface area contributed by atoms with Crippen molar-refractivity contribution in [3.8, 4) is 5.75 Å². The van der Waals surface area contributed by atoms with Gasteiger partial charge in [0.15, 0.2) is 0 Å². The van der Waals surface area contributed by atoms with E-state index < -0.39 is 21.7 Å². The normalized spacial score (nSPS) is 19.6. The van der Waals surface area contributed by atoms with Crippen molar-refractivity contribution >= 4 is 39.1 Å². The number of methoxy groups -OCH3 is 1. The second kappa shape index (κ2) is 11.2. The molecule has 1 amide bonds. The number of likely N-dealkylation sites (tertiary alicyclic amines) is 1. The lowest BCUT2D eigenvalue weighted by Gasteiger charge is -2.38. The first kappa shape index (κ1) is 27.1. The predicted molar refractivity (Wildman–Crippen MR) is 137 cm³/mol. The average Bonchev–Trinajstić information content (AvgIpc) is 3.61. The van der Waals surface area contributed by atoms with Crippen LogP contribution < -0.4 is 9.46 Å². The van der Waals surface area contributed by atoms with E-state index in [1.54, 1.807) is 13.2 Å². The van der Waals surface area contributed by atoms with Crippen molar-refractivity contribution in [2.45, 2.75) is 43.7 Å². The smallest absolute Gasteiger partial charge is 0.267 e. The van der Waals surface area contributed by atoms with Crippen LogP contribution in [0.15, 0.2) is 30.3 Å². The standard InChI is InChI=1S/C25H29Cl2FN2O5S/c1-34-14-23(16-8-17(26)10-18(27)9-16)30-7-3-4-19(13-30)35-24-12-22(28)21(11-20(24)15-5-6-15)25(31)29-36(2,32)33/h8-12,15,19,23H,3-7,13-14H2,1-2H3,(H,29,31)/t19-,23+/m1/s1. The zero-order valence-electron chi connectivity index (χ0n) is 20.1. The van der Waals surface area contributed by atoms with E-state index in [9.17, 15) is 17.6 Å². The average molecular weight is 559 g/mol. The molecule has 7 nitrogen and oxygen atoms in total. The number of hydrogen-bond donors (Lipinski definition) is 1. The Labute approximate surface area is 220 Å². The van der Waals surface area contributed by atoms with Crippen LogP contribution in [-0.4, -0.2) is 58.4 Å². The number of halogens is 3. The first-order valence-corrected chi connectivity index (χ1v) is 14.4. The Bertz CT molecular complexity index is 1220. The molecule has 1 saturated heterocycles. The molecule has 11 heteroatoms. The summed E-state index contributed by atoms with van der Waals surface area (Å²) in [5.41, 5.74) is 1.36. The topological polar surface area (TPSA) is 84.9 Å². The highest BCUT2D eigenvalue weighted by Crippen LogP contribution is 2.45. The number of hydrogen-bond acceptors (Lipinski definition) is 6. The Morgan fingerprint density at radius 1 is 1.17 bits per heavy atom. The molecule has 196 valence electrons. The Morgan fingerprint density at radius 3 is 2.47 bits per heavy atom. The van der Waals surface area contributed by atoms with Crippen LogP contribution >= 0.6 is 23.2 Å². The molecule has 1 aliphatic heterocycles. The fourth-order valence-electron chi connectivity index (χ4n) is 4.65. The fourth-order valence-corrected chi connectivity index (χ4v) is 5.64. The number of benzene rings is 2. The Morgan fingerprint density at radius 2 is 1.86 bits per heavy atom. The first-order chi connectivity index (χ1) is 17.0. The molecule has 2 atom stereocenters. The molecule has 1 heterocycles. The Balaban J connectivity index is 1.55. The first-order valence-electron chi connectivity index (χ1n) is 11.7. The minimum atomic E-state index is -3.82. The highest BCUT2D eigenvalue weighted by Gasteiger charge is 2.33. The zero-order chi connectivity index (χ0) is 26.0. The summed E-state index contributed by atoms with van der Waals surface area (Å²) >= 11 is 12.5. The highest BCUT2D eigenvalue weighted by molar-refractivity contribution is 7.89. The van der Waals surface area contributed by atoms with E-state index in [1.807, 2.05) is 16.9 Å². The number of carbonyl (C=O) groups is 1. The molecule has 0 unspecified atom stereocenters. The number of carbonyl (C=O) groups excluding carboxylic acids is 1. The van der Waals surface area contributed by atoms with Crippen LogP contribution in [-0.2, 0) is 14.8 Å². The molecular formula is C25H29Cl2FN2O5S. The fraction of sp³-hybridized carbons (Fsp3) is 0.480. The van der Waals surface area contributed by atoms with Gasteiger partial charge < -0.3 is 9.47 Å². The second-order valence-corrected chi connectivity index (χ2v) is 12.0. The van der Waals surface area contributed by atoms with Gasteiger partial charge in [-0.1, -0.05) is 23.2 Å². The maximum absolute atomic E-state index is 14.9. The molecule has 0 spiro atoms. The molecule has 36 heavy (non-hydrogen) atoms. The zero-order valence-corrected chi connectivity index (χ0v) is 22.4. The number of ether oxygens (including phenoxy) is 2. The molecule has 4 rings (SSSR count). The van der Waals surface area contributed by atoms with Gasteiger partial charge >= 0.3 is 0 Å². The molecule has 2 fully saturated rings. The van der Waals surface area contributed by atoms with Crippen LogP contribution in [0.2, 0.25) is 10.0 Å². The molecule has 0 bridgehead atoms. The summed E-state index contributed by atoms with van der Waals surface area (Å²) < 4.78 is 51.5. The summed E-state index contributed by atoms with van der Waals surface area (Å²) in [4.78, 5) is 14.6. The monoisotopic (exact) mass is 558 g/mol. The second-order valence-electron chi connectivity index (χ2n) is 9.40. The molecule has 2 aromatic rings. The Kier molecular flexibility index (Phi) is 8.46. The number of amides is 1. The molecule has 2 aromatic carbocycles. The number of nitrogens with zero attached hydrogens (tertiary/aromatic N) is 1. The summed E-state index contributed by atoms with van der Waals surface area (Å²) in [5.74, 6) is -1.27. The molecule has 0 aromatic heterocycles. The van der Waals surface area contributed by atoms with Crippen LogP contribution in [0.25, 0.3) is 0 Å². The van der Waals surface area contributed by atoms with Gasteiger partial charge in [-0.05, 0) is 73.5 Å². The number of nitrogens with one attached hydrogen (secondary N) is 1. The number of piperidine rings is 1. The van der Waals surface area contributed by atoms with Gasteiger partial charge in [-0.2, -0.15) is 0 Å². The van der Waals surface area contributed by atoms with E-state index in [1.165, 1.54) is 12.1 Å². The van der Waals surface area contributed by atoms with Crippen molar-refractivity contribution in [1.29, 1.82) is 0 Å². The van der Waals surface area contributed by atoms with Crippen molar-refractivity contribution in [2.24, 2.45) is 0 Å². The maximum Gasteiger partial charge on any atom is 0.267 e. The van der Waals surface area contributed by atoms with Gasteiger partial charge in [0.1, 0.15) is 17.7 Å². The lowest BCUT2D eigenvalue weighted by atomic mass is 10.0. The van der Waals surface area contributed by atoms with Crippen molar-refractivity contribution < 1.29 is 27.1 Å². The van der Waals surface area contributed by atoms with Gasteiger partial charge in [0.05, 0.1) is 24.5 Å². The van der Waals surface area contributed by atoms with Crippen molar-refractivity contribution in [1.82, 2.24) is 9.62 Å². The van der Waals surface area contributed by atoms with Crippen LogP contribution in [0, 0.1) is 5.82 Å². The molecule has 1 N–H and O–H groups in total. The van der Waals surface area contributed by atoms with Gasteiger partial charge in [-0.25, -0.2) is 17.5 Å². The summed E-state index contributed by atoms with van der Waals surface area (Å²) in [6.07, 6.45) is 4.10. The lowest BCUT2D eigenvalue weighted by Crippen LogP contribution is -2.44. The van der Waals surface area contributed by atoms with E-state index in [4.69, 9.17) is 32.7 Å². The number of sulfonamides is 1. The third-order valence-corrected chi connectivity index (χ3v) is 7.37. The molecule has 1 saturated carbocycles.